The first-order valence-electron chi connectivity index (χ1n) is 7.73. The molecule has 7 nitrogen and oxygen atoms in total. The van der Waals surface area contributed by atoms with E-state index < -0.39 is 12.0 Å². The van der Waals surface area contributed by atoms with E-state index in [-0.39, 0.29) is 0 Å². The molecule has 0 saturated heterocycles. The highest BCUT2D eigenvalue weighted by atomic mass is 16.5. The maximum atomic E-state index is 11.8. The number of ether oxygens (including phenoxy) is 1. The van der Waals surface area contributed by atoms with Gasteiger partial charge >= 0.3 is 5.97 Å². The van der Waals surface area contributed by atoms with E-state index in [0.717, 1.165) is 18.7 Å². The topological polar surface area (TPSA) is 88.7 Å². The minimum Gasteiger partial charge on any atom is -0.492 e. The lowest BCUT2D eigenvalue weighted by Gasteiger charge is -2.24. The number of fused-ring (bicyclic) bond motifs is 1. The molecule has 1 fully saturated rings. The zero-order valence-electron chi connectivity index (χ0n) is 12.5. The molecule has 2 heterocycles. The van der Waals surface area contributed by atoms with Crippen LogP contribution in [0.15, 0.2) is 28.8 Å². The van der Waals surface area contributed by atoms with Gasteiger partial charge in [0.2, 0.25) is 5.89 Å². The van der Waals surface area contributed by atoms with E-state index in [1.807, 2.05) is 12.1 Å². The molecule has 0 bridgehead atoms. The minimum absolute atomic E-state index is 0.300. The first kappa shape index (κ1) is 14.2. The largest absolute Gasteiger partial charge is 0.492 e. The van der Waals surface area contributed by atoms with Crippen molar-refractivity contribution in [2.45, 2.75) is 31.3 Å². The molecule has 4 rings (SSSR count). The Morgan fingerprint density at radius 3 is 2.96 bits per heavy atom. The van der Waals surface area contributed by atoms with E-state index in [4.69, 9.17) is 9.26 Å². The van der Waals surface area contributed by atoms with Gasteiger partial charge in [-0.15, -0.1) is 0 Å². The number of hydrogen-bond acceptors (Lipinski definition) is 6. The maximum Gasteiger partial charge on any atom is 0.325 e. The lowest BCUT2D eigenvalue weighted by atomic mass is 10.0. The predicted molar refractivity (Wildman–Crippen MR) is 79.0 cm³/mol. The SMILES string of the molecule is O=C(O)C1c2ccccc2OCCN1Cc1nc(C2CC2)no1. The van der Waals surface area contributed by atoms with E-state index in [2.05, 4.69) is 10.1 Å². The van der Waals surface area contributed by atoms with Gasteiger partial charge in [0.15, 0.2) is 5.82 Å². The summed E-state index contributed by atoms with van der Waals surface area (Å²) in [6.45, 7) is 1.20. The average Bonchev–Trinajstić information content (AvgIpc) is 3.31. The van der Waals surface area contributed by atoms with Crippen LogP contribution in [0.1, 0.15) is 42.1 Å². The highest BCUT2D eigenvalue weighted by molar-refractivity contribution is 5.76. The van der Waals surface area contributed by atoms with Crippen molar-refractivity contribution >= 4 is 5.97 Å². The van der Waals surface area contributed by atoms with Gasteiger partial charge in [0.1, 0.15) is 18.4 Å². The molecule has 0 radical (unpaired) electrons. The summed E-state index contributed by atoms with van der Waals surface area (Å²) in [6.07, 6.45) is 2.20. The van der Waals surface area contributed by atoms with Crippen LogP contribution in [0.4, 0.5) is 0 Å². The fraction of sp³-hybridized carbons (Fsp3) is 0.438. The van der Waals surface area contributed by atoms with Crippen molar-refractivity contribution in [3.8, 4) is 5.75 Å². The summed E-state index contributed by atoms with van der Waals surface area (Å²) in [5.41, 5.74) is 0.652. The van der Waals surface area contributed by atoms with Crippen LogP contribution in [0.2, 0.25) is 0 Å². The van der Waals surface area contributed by atoms with Gasteiger partial charge in [-0.1, -0.05) is 23.4 Å². The molecule has 0 amide bonds. The number of carbonyl (C=O) groups is 1. The molecule has 2 aliphatic rings. The van der Waals surface area contributed by atoms with Crippen molar-refractivity contribution in [2.75, 3.05) is 13.2 Å². The highest BCUT2D eigenvalue weighted by Gasteiger charge is 2.34. The van der Waals surface area contributed by atoms with Crippen LogP contribution in [-0.4, -0.2) is 39.3 Å². The minimum atomic E-state index is -0.912. The number of rotatable bonds is 4. The fourth-order valence-electron chi connectivity index (χ4n) is 2.91. The molecule has 1 aliphatic heterocycles. The third-order valence-corrected chi connectivity index (χ3v) is 4.21. The van der Waals surface area contributed by atoms with Crippen LogP contribution in [0, 0.1) is 0 Å². The monoisotopic (exact) mass is 315 g/mol. The van der Waals surface area contributed by atoms with Gasteiger partial charge in [0, 0.05) is 18.0 Å². The molecule has 1 N–H and O–H groups in total. The molecule has 0 spiro atoms. The van der Waals surface area contributed by atoms with E-state index >= 15 is 0 Å². The van der Waals surface area contributed by atoms with Gasteiger partial charge in [0.05, 0.1) is 6.54 Å². The molecule has 1 atom stereocenters. The number of aromatic nitrogens is 2. The zero-order chi connectivity index (χ0) is 15.8. The van der Waals surface area contributed by atoms with Crippen LogP contribution >= 0.6 is 0 Å². The van der Waals surface area contributed by atoms with Crippen molar-refractivity contribution in [1.82, 2.24) is 15.0 Å². The van der Waals surface area contributed by atoms with E-state index in [9.17, 15) is 9.90 Å². The Bertz CT molecular complexity index is 726. The van der Waals surface area contributed by atoms with Gasteiger partial charge in [-0.25, -0.2) is 0 Å². The Morgan fingerprint density at radius 1 is 1.35 bits per heavy atom. The molecule has 2 aromatic rings. The lowest BCUT2D eigenvalue weighted by Crippen LogP contribution is -2.34. The second-order valence-electron chi connectivity index (χ2n) is 5.92. The summed E-state index contributed by atoms with van der Waals surface area (Å²) in [5.74, 6) is 1.31. The number of benzene rings is 1. The molecular weight excluding hydrogens is 298 g/mol. The fourth-order valence-corrected chi connectivity index (χ4v) is 2.91. The molecule has 1 saturated carbocycles. The summed E-state index contributed by atoms with van der Waals surface area (Å²) in [6, 6.07) is 6.46. The van der Waals surface area contributed by atoms with Crippen molar-refractivity contribution in [1.29, 1.82) is 0 Å². The molecule has 1 unspecified atom stereocenters. The summed E-state index contributed by atoms with van der Waals surface area (Å²) in [5, 5.41) is 13.7. The summed E-state index contributed by atoms with van der Waals surface area (Å²) < 4.78 is 11.0. The van der Waals surface area contributed by atoms with Crippen LogP contribution in [0.3, 0.4) is 0 Å². The molecule has 23 heavy (non-hydrogen) atoms. The van der Waals surface area contributed by atoms with E-state index in [1.165, 1.54) is 0 Å². The van der Waals surface area contributed by atoms with Crippen molar-refractivity contribution in [3.63, 3.8) is 0 Å². The Kier molecular flexibility index (Phi) is 3.49. The average molecular weight is 315 g/mol. The number of aliphatic carboxylic acids is 1. The lowest BCUT2D eigenvalue weighted by molar-refractivity contribution is -0.143. The maximum absolute atomic E-state index is 11.8. The normalized spacial score (nSPS) is 21.3. The number of para-hydroxylation sites is 1. The van der Waals surface area contributed by atoms with Crippen molar-refractivity contribution in [2.24, 2.45) is 0 Å². The summed E-state index contributed by atoms with van der Waals surface area (Å²) >= 11 is 0. The molecule has 1 aromatic heterocycles. The number of carboxylic acids is 1. The molecule has 7 heteroatoms. The van der Waals surface area contributed by atoms with Crippen LogP contribution in [0.25, 0.3) is 0 Å². The Labute approximate surface area is 132 Å². The molecular formula is C16H17N3O4. The molecule has 1 aliphatic carbocycles. The van der Waals surface area contributed by atoms with Crippen LogP contribution < -0.4 is 4.74 Å². The first-order valence-corrected chi connectivity index (χ1v) is 7.73. The Morgan fingerprint density at radius 2 is 2.17 bits per heavy atom. The van der Waals surface area contributed by atoms with Crippen molar-refractivity contribution in [3.05, 3.63) is 41.5 Å². The third-order valence-electron chi connectivity index (χ3n) is 4.21. The predicted octanol–water partition coefficient (Wildman–Crippen LogP) is 1.97. The van der Waals surface area contributed by atoms with Gasteiger partial charge in [-0.3, -0.25) is 9.69 Å². The first-order chi connectivity index (χ1) is 11.2. The second-order valence-corrected chi connectivity index (χ2v) is 5.92. The smallest absolute Gasteiger partial charge is 0.325 e. The van der Waals surface area contributed by atoms with Gasteiger partial charge in [0.25, 0.3) is 0 Å². The second kappa shape index (κ2) is 5.66. The van der Waals surface area contributed by atoms with E-state index in [0.29, 0.717) is 42.8 Å². The van der Waals surface area contributed by atoms with Crippen LogP contribution in [0.5, 0.6) is 5.75 Å². The van der Waals surface area contributed by atoms with Gasteiger partial charge in [-0.05, 0) is 18.9 Å². The molecule has 120 valence electrons. The summed E-state index contributed by atoms with van der Waals surface area (Å²) in [7, 11) is 0. The quantitative estimate of drug-likeness (QED) is 0.922. The van der Waals surface area contributed by atoms with Crippen molar-refractivity contribution < 1.29 is 19.2 Å². The number of hydrogen-bond donors (Lipinski definition) is 1. The molecule has 1 aromatic carbocycles. The zero-order valence-corrected chi connectivity index (χ0v) is 12.5. The van der Waals surface area contributed by atoms with Gasteiger partial charge in [-0.2, -0.15) is 4.98 Å². The number of nitrogens with zero attached hydrogens (tertiary/aromatic N) is 3. The number of carboxylic acid groups (broad SMARTS) is 1. The summed E-state index contributed by atoms with van der Waals surface area (Å²) in [4.78, 5) is 18.0. The third kappa shape index (κ3) is 2.79. The van der Waals surface area contributed by atoms with Gasteiger partial charge < -0.3 is 14.4 Å². The highest BCUT2D eigenvalue weighted by Crippen LogP contribution is 2.38. The standard InChI is InChI=1S/C16H17N3O4/c20-16(21)14-11-3-1-2-4-12(11)22-8-7-19(14)9-13-17-15(18-23-13)10-5-6-10/h1-4,10,14H,5-9H2,(H,20,21). The van der Waals surface area contributed by atoms with Crippen LogP contribution in [-0.2, 0) is 11.3 Å². The Balaban J connectivity index is 1.61. The Hall–Kier alpha value is -2.41. The van der Waals surface area contributed by atoms with E-state index in [1.54, 1.807) is 17.0 Å².